The fraction of sp³-hybridized carbons (Fsp3) is 0.935. The molecule has 9 atom stereocenters. The maximum Gasteiger partial charge on any atom is 0.342 e. The number of carbonyl (C=O) groups is 2. The zero-order valence-electron chi connectivity index (χ0n) is 23.6. The van der Waals surface area contributed by atoms with Gasteiger partial charge in [0, 0.05) is 0 Å². The van der Waals surface area contributed by atoms with Crippen LogP contribution < -0.4 is 0 Å². The van der Waals surface area contributed by atoms with Crippen molar-refractivity contribution >= 4 is 11.9 Å². The molecule has 0 amide bonds. The van der Waals surface area contributed by atoms with Crippen molar-refractivity contribution in [2.45, 2.75) is 131 Å². The average Bonchev–Trinajstić information content (AvgIpc) is 3.18. The van der Waals surface area contributed by atoms with Gasteiger partial charge < -0.3 is 5.11 Å². The molecule has 0 saturated heterocycles. The van der Waals surface area contributed by atoms with Gasteiger partial charge >= 0.3 is 11.9 Å². The van der Waals surface area contributed by atoms with E-state index in [1.165, 1.54) is 57.8 Å². The van der Waals surface area contributed by atoms with Crippen LogP contribution in [-0.2, 0) is 19.4 Å². The Labute approximate surface area is 219 Å². The molecule has 206 valence electrons. The van der Waals surface area contributed by atoms with Crippen LogP contribution in [0.3, 0.4) is 0 Å². The summed E-state index contributed by atoms with van der Waals surface area (Å²) in [6, 6.07) is 0. The van der Waals surface area contributed by atoms with Crippen molar-refractivity contribution < 1.29 is 24.5 Å². The van der Waals surface area contributed by atoms with E-state index in [0.29, 0.717) is 16.7 Å². The molecule has 0 heterocycles. The Kier molecular flexibility index (Phi) is 8.79. The fourth-order valence-corrected chi connectivity index (χ4v) is 9.70. The van der Waals surface area contributed by atoms with E-state index >= 15 is 0 Å². The largest absolute Gasteiger partial charge is 0.481 e. The maximum absolute atomic E-state index is 11.8. The molecule has 0 unspecified atom stereocenters. The second-order valence-electron chi connectivity index (χ2n) is 14.0. The van der Waals surface area contributed by atoms with E-state index in [1.54, 1.807) is 0 Å². The Morgan fingerprint density at radius 1 is 0.889 bits per heavy atom. The summed E-state index contributed by atoms with van der Waals surface area (Å²) in [4.78, 5) is 33.0. The van der Waals surface area contributed by atoms with E-state index in [9.17, 15) is 9.59 Å². The van der Waals surface area contributed by atoms with E-state index in [2.05, 4.69) is 34.6 Å². The third-order valence-electron chi connectivity index (χ3n) is 11.6. The van der Waals surface area contributed by atoms with Crippen LogP contribution in [0.15, 0.2) is 0 Å². The summed E-state index contributed by atoms with van der Waals surface area (Å²) in [6.07, 6.45) is 15.1. The normalized spacial score (nSPS) is 40.7. The van der Waals surface area contributed by atoms with Gasteiger partial charge in [0.05, 0.1) is 12.8 Å². The maximum atomic E-state index is 11.8. The van der Waals surface area contributed by atoms with Crippen LogP contribution >= 0.6 is 0 Å². The molecular weight excluding hydrogens is 452 g/mol. The number of rotatable bonds is 10. The van der Waals surface area contributed by atoms with Crippen LogP contribution in [-0.4, -0.2) is 23.1 Å². The van der Waals surface area contributed by atoms with Gasteiger partial charge in [-0.2, -0.15) is 4.89 Å². The van der Waals surface area contributed by atoms with Gasteiger partial charge in [-0.15, -0.1) is 0 Å². The average molecular weight is 505 g/mol. The van der Waals surface area contributed by atoms with Crippen LogP contribution in [0.2, 0.25) is 0 Å². The fourth-order valence-electron chi connectivity index (χ4n) is 9.70. The third-order valence-corrected chi connectivity index (χ3v) is 11.6. The number of carboxylic acids is 1. The standard InChI is InChI=1S/C31H52O5/c1-20(2)7-6-8-21(3)25-11-12-26-24-10-9-22-19-23(35-36-29(34)14-13-28(32)33)15-17-30(22,4)27(24)16-18-31(25,26)5/h20-27H,6-19H2,1-5H3,(H,32,33)/t21-,22+,23+,24+,25-,26+,27+,30+,31-/m1/s1. The predicted molar refractivity (Wildman–Crippen MR) is 141 cm³/mol. The van der Waals surface area contributed by atoms with Crippen molar-refractivity contribution in [3.8, 4) is 0 Å². The lowest BCUT2D eigenvalue weighted by Gasteiger charge is -2.61. The van der Waals surface area contributed by atoms with Crippen LogP contribution in [0.5, 0.6) is 0 Å². The number of hydrogen-bond donors (Lipinski definition) is 1. The number of carbonyl (C=O) groups excluding carboxylic acids is 1. The molecule has 1 N–H and O–H groups in total. The number of fused-ring (bicyclic) bond motifs is 5. The number of hydrogen-bond acceptors (Lipinski definition) is 4. The summed E-state index contributed by atoms with van der Waals surface area (Å²) >= 11 is 0. The number of carboxylic acid groups (broad SMARTS) is 1. The van der Waals surface area contributed by atoms with Gasteiger partial charge in [-0.25, -0.2) is 4.79 Å². The molecular formula is C31H52O5. The van der Waals surface area contributed by atoms with Gasteiger partial charge in [0.1, 0.15) is 6.10 Å². The SMILES string of the molecule is CC(C)CCC[C@@H](C)[C@H]1CC[C@H]2[C@@H]3CC[C@H]4C[C@@H](OOC(=O)CCC(=O)O)CC[C@]4(C)[C@H]3CC[C@]12C. The Bertz CT molecular complexity index is 779. The molecule has 4 aliphatic carbocycles. The summed E-state index contributed by atoms with van der Waals surface area (Å²) < 4.78 is 0. The number of aliphatic carboxylic acids is 1. The van der Waals surface area contributed by atoms with Gasteiger partial charge in [0.2, 0.25) is 0 Å². The van der Waals surface area contributed by atoms with Gasteiger partial charge in [0.25, 0.3) is 0 Å². The Morgan fingerprint density at radius 2 is 1.61 bits per heavy atom. The lowest BCUT2D eigenvalue weighted by Crippen LogP contribution is -2.54. The molecule has 0 bridgehead atoms. The molecule has 5 heteroatoms. The highest BCUT2D eigenvalue weighted by molar-refractivity contribution is 5.76. The minimum absolute atomic E-state index is 0.0511. The highest BCUT2D eigenvalue weighted by Gasteiger charge is 2.60. The van der Waals surface area contributed by atoms with Crippen LogP contribution in [0.25, 0.3) is 0 Å². The molecule has 4 saturated carbocycles. The van der Waals surface area contributed by atoms with E-state index in [0.717, 1.165) is 54.8 Å². The van der Waals surface area contributed by atoms with Gasteiger partial charge in [-0.3, -0.25) is 9.68 Å². The molecule has 4 aliphatic rings. The summed E-state index contributed by atoms with van der Waals surface area (Å²) in [5, 5.41) is 8.75. The van der Waals surface area contributed by atoms with E-state index in [4.69, 9.17) is 14.9 Å². The molecule has 0 aromatic carbocycles. The monoisotopic (exact) mass is 504 g/mol. The third kappa shape index (κ3) is 5.66. The summed E-state index contributed by atoms with van der Waals surface area (Å²) in [7, 11) is 0. The minimum Gasteiger partial charge on any atom is -0.481 e. The van der Waals surface area contributed by atoms with Gasteiger partial charge in [0.15, 0.2) is 0 Å². The summed E-state index contributed by atoms with van der Waals surface area (Å²) in [5.74, 6) is 4.24. The summed E-state index contributed by atoms with van der Waals surface area (Å²) in [6.45, 7) is 12.5. The van der Waals surface area contributed by atoms with Crippen molar-refractivity contribution in [1.82, 2.24) is 0 Å². The quantitative estimate of drug-likeness (QED) is 0.242. The highest BCUT2D eigenvalue weighted by atomic mass is 17.2. The first kappa shape index (κ1) is 27.9. The molecule has 0 aromatic rings. The molecule has 36 heavy (non-hydrogen) atoms. The summed E-state index contributed by atoms with van der Waals surface area (Å²) in [5.41, 5.74) is 0.907. The molecule has 0 aliphatic heterocycles. The zero-order valence-corrected chi connectivity index (χ0v) is 23.6. The van der Waals surface area contributed by atoms with Crippen molar-refractivity contribution in [3.63, 3.8) is 0 Å². The molecule has 5 nitrogen and oxygen atoms in total. The first-order valence-electron chi connectivity index (χ1n) is 15.1. The van der Waals surface area contributed by atoms with Gasteiger partial charge in [-0.1, -0.05) is 53.9 Å². The first-order valence-corrected chi connectivity index (χ1v) is 15.1. The van der Waals surface area contributed by atoms with Crippen LogP contribution in [0.4, 0.5) is 0 Å². The minimum atomic E-state index is -0.991. The zero-order chi connectivity index (χ0) is 26.1. The van der Waals surface area contributed by atoms with Gasteiger partial charge in [-0.05, 0) is 110 Å². The smallest absolute Gasteiger partial charge is 0.342 e. The second-order valence-corrected chi connectivity index (χ2v) is 14.0. The van der Waals surface area contributed by atoms with Crippen molar-refractivity contribution in [3.05, 3.63) is 0 Å². The Morgan fingerprint density at radius 3 is 2.33 bits per heavy atom. The van der Waals surface area contributed by atoms with Crippen molar-refractivity contribution in [1.29, 1.82) is 0 Å². The van der Waals surface area contributed by atoms with E-state index in [-0.39, 0.29) is 18.9 Å². The Hall–Kier alpha value is -1.10. The molecule has 4 fully saturated rings. The predicted octanol–water partition coefficient (Wildman–Crippen LogP) is 7.82. The highest BCUT2D eigenvalue weighted by Crippen LogP contribution is 2.68. The molecule has 0 aromatic heterocycles. The van der Waals surface area contributed by atoms with Crippen LogP contribution in [0, 0.1) is 52.3 Å². The lowest BCUT2D eigenvalue weighted by atomic mass is 9.44. The molecule has 4 rings (SSSR count). The van der Waals surface area contributed by atoms with E-state index in [1.807, 2.05) is 0 Å². The van der Waals surface area contributed by atoms with Crippen molar-refractivity contribution in [2.75, 3.05) is 0 Å². The van der Waals surface area contributed by atoms with Crippen molar-refractivity contribution in [2.24, 2.45) is 52.3 Å². The molecule has 0 spiro atoms. The lowest BCUT2D eigenvalue weighted by molar-refractivity contribution is -0.310. The molecule has 0 radical (unpaired) electrons. The first-order chi connectivity index (χ1) is 17.0. The van der Waals surface area contributed by atoms with E-state index < -0.39 is 11.9 Å². The topological polar surface area (TPSA) is 72.8 Å². The second kappa shape index (κ2) is 11.3. The van der Waals surface area contributed by atoms with Crippen LogP contribution in [0.1, 0.15) is 125 Å². The Balaban J connectivity index is 1.33.